The highest BCUT2D eigenvalue weighted by Gasteiger charge is 2.20. The molecule has 0 heterocycles. The van der Waals surface area contributed by atoms with Crippen LogP contribution in [0.3, 0.4) is 0 Å². The molecule has 1 aromatic carbocycles. The lowest BCUT2D eigenvalue weighted by atomic mass is 10.1. The SMILES string of the molecule is N#Cc1ccc(CC(=O)NCCC2CC2)cc1. The fourth-order valence-corrected chi connectivity index (χ4v) is 1.77. The van der Waals surface area contributed by atoms with Crippen molar-refractivity contribution in [1.29, 1.82) is 5.26 Å². The Labute approximate surface area is 101 Å². The van der Waals surface area contributed by atoms with Gasteiger partial charge < -0.3 is 5.32 Å². The molecule has 3 heteroatoms. The fraction of sp³-hybridized carbons (Fsp3) is 0.429. The second kappa shape index (κ2) is 5.49. The Balaban J connectivity index is 1.74. The smallest absolute Gasteiger partial charge is 0.224 e. The lowest BCUT2D eigenvalue weighted by molar-refractivity contribution is -0.120. The Morgan fingerprint density at radius 3 is 2.65 bits per heavy atom. The number of carbonyl (C=O) groups excluding carboxylic acids is 1. The Hall–Kier alpha value is -1.82. The topological polar surface area (TPSA) is 52.9 Å². The van der Waals surface area contributed by atoms with Crippen LogP contribution in [0.25, 0.3) is 0 Å². The van der Waals surface area contributed by atoms with Gasteiger partial charge in [0.05, 0.1) is 18.1 Å². The van der Waals surface area contributed by atoms with Crippen LogP contribution in [0.1, 0.15) is 30.4 Å². The number of hydrogen-bond donors (Lipinski definition) is 1. The van der Waals surface area contributed by atoms with E-state index in [-0.39, 0.29) is 5.91 Å². The zero-order chi connectivity index (χ0) is 12.1. The van der Waals surface area contributed by atoms with Crippen LogP contribution in [0.5, 0.6) is 0 Å². The van der Waals surface area contributed by atoms with Crippen LogP contribution in [0.2, 0.25) is 0 Å². The summed E-state index contributed by atoms with van der Waals surface area (Å²) in [6.07, 6.45) is 4.16. The molecule has 0 atom stereocenters. The number of hydrogen-bond acceptors (Lipinski definition) is 2. The molecule has 1 aromatic rings. The van der Waals surface area contributed by atoms with Crippen LogP contribution < -0.4 is 5.32 Å². The van der Waals surface area contributed by atoms with E-state index in [9.17, 15) is 4.79 Å². The molecular weight excluding hydrogens is 212 g/mol. The zero-order valence-electron chi connectivity index (χ0n) is 9.78. The maximum absolute atomic E-state index is 11.6. The Morgan fingerprint density at radius 1 is 1.35 bits per heavy atom. The van der Waals surface area contributed by atoms with Gasteiger partial charge in [0.1, 0.15) is 0 Å². The van der Waals surface area contributed by atoms with Crippen LogP contribution >= 0.6 is 0 Å². The largest absolute Gasteiger partial charge is 0.356 e. The number of carbonyl (C=O) groups is 1. The fourth-order valence-electron chi connectivity index (χ4n) is 1.77. The maximum atomic E-state index is 11.6. The molecule has 0 aliphatic heterocycles. The minimum absolute atomic E-state index is 0.0651. The van der Waals surface area contributed by atoms with Gasteiger partial charge in [-0.15, -0.1) is 0 Å². The molecule has 0 aromatic heterocycles. The van der Waals surface area contributed by atoms with E-state index in [0.717, 1.165) is 24.4 Å². The molecule has 17 heavy (non-hydrogen) atoms. The standard InChI is InChI=1S/C14H16N2O/c15-10-13-5-3-12(4-6-13)9-14(17)16-8-7-11-1-2-11/h3-6,11H,1-2,7-9H2,(H,16,17). The monoisotopic (exact) mass is 228 g/mol. The normalized spacial score (nSPS) is 14.1. The van der Waals surface area contributed by atoms with Crippen molar-refractivity contribution in [3.63, 3.8) is 0 Å². The Bertz CT molecular complexity index is 427. The van der Waals surface area contributed by atoms with Gasteiger partial charge >= 0.3 is 0 Å². The number of rotatable bonds is 5. The van der Waals surface area contributed by atoms with Crippen LogP contribution in [-0.2, 0) is 11.2 Å². The van der Waals surface area contributed by atoms with Gasteiger partial charge in [-0.2, -0.15) is 5.26 Å². The first kappa shape index (κ1) is 11.7. The predicted molar refractivity (Wildman–Crippen MR) is 65.2 cm³/mol. The van der Waals surface area contributed by atoms with Gasteiger partial charge in [-0.05, 0) is 30.0 Å². The number of nitrogens with zero attached hydrogens (tertiary/aromatic N) is 1. The van der Waals surface area contributed by atoms with Crippen LogP contribution in [-0.4, -0.2) is 12.5 Å². The molecule has 88 valence electrons. The van der Waals surface area contributed by atoms with Crippen molar-refractivity contribution >= 4 is 5.91 Å². The van der Waals surface area contributed by atoms with Crippen molar-refractivity contribution in [1.82, 2.24) is 5.32 Å². The highest BCUT2D eigenvalue weighted by atomic mass is 16.1. The first-order chi connectivity index (χ1) is 8.28. The second-order valence-corrected chi connectivity index (χ2v) is 4.57. The third-order valence-electron chi connectivity index (χ3n) is 3.02. The molecule has 1 aliphatic carbocycles. The molecule has 2 rings (SSSR count). The Kier molecular flexibility index (Phi) is 3.77. The molecular formula is C14H16N2O. The van der Waals surface area contributed by atoms with Gasteiger partial charge in [0, 0.05) is 6.54 Å². The summed E-state index contributed by atoms with van der Waals surface area (Å²) in [7, 11) is 0. The molecule has 0 saturated heterocycles. The molecule has 0 radical (unpaired) electrons. The lowest BCUT2D eigenvalue weighted by Gasteiger charge is -2.04. The van der Waals surface area contributed by atoms with Crippen molar-refractivity contribution in [2.45, 2.75) is 25.7 Å². The average molecular weight is 228 g/mol. The van der Waals surface area contributed by atoms with Crippen molar-refractivity contribution < 1.29 is 4.79 Å². The highest BCUT2D eigenvalue weighted by molar-refractivity contribution is 5.78. The summed E-state index contributed by atoms with van der Waals surface area (Å²) in [6.45, 7) is 0.791. The zero-order valence-corrected chi connectivity index (χ0v) is 9.78. The molecule has 1 N–H and O–H groups in total. The minimum Gasteiger partial charge on any atom is -0.356 e. The number of benzene rings is 1. The predicted octanol–water partition coefficient (Wildman–Crippen LogP) is 2.02. The van der Waals surface area contributed by atoms with Gasteiger partial charge in [0.25, 0.3) is 0 Å². The molecule has 3 nitrogen and oxygen atoms in total. The quantitative estimate of drug-likeness (QED) is 0.838. The van der Waals surface area contributed by atoms with Crippen molar-refractivity contribution in [2.75, 3.05) is 6.54 Å². The van der Waals surface area contributed by atoms with E-state index in [1.165, 1.54) is 12.8 Å². The first-order valence-electron chi connectivity index (χ1n) is 6.03. The van der Waals surface area contributed by atoms with Crippen LogP contribution in [0, 0.1) is 17.2 Å². The first-order valence-corrected chi connectivity index (χ1v) is 6.03. The average Bonchev–Trinajstić information content (AvgIpc) is 3.14. The van der Waals surface area contributed by atoms with Gasteiger partial charge in [-0.25, -0.2) is 0 Å². The summed E-state index contributed by atoms with van der Waals surface area (Å²) >= 11 is 0. The third kappa shape index (κ3) is 3.92. The van der Waals surface area contributed by atoms with Gasteiger partial charge in [-0.1, -0.05) is 25.0 Å². The molecule has 0 bridgehead atoms. The molecule has 1 amide bonds. The van der Waals surface area contributed by atoms with Gasteiger partial charge in [0.2, 0.25) is 5.91 Å². The molecule has 1 aliphatic rings. The van der Waals surface area contributed by atoms with Crippen molar-refractivity contribution in [2.24, 2.45) is 5.92 Å². The van der Waals surface area contributed by atoms with Crippen molar-refractivity contribution in [3.8, 4) is 6.07 Å². The molecule has 0 unspecified atom stereocenters. The van der Waals surface area contributed by atoms with E-state index in [1.54, 1.807) is 12.1 Å². The summed E-state index contributed by atoms with van der Waals surface area (Å²) in [6, 6.07) is 9.21. The minimum atomic E-state index is 0.0651. The lowest BCUT2D eigenvalue weighted by Crippen LogP contribution is -2.26. The van der Waals surface area contributed by atoms with Gasteiger partial charge in [-0.3, -0.25) is 4.79 Å². The number of nitrogens with one attached hydrogen (secondary N) is 1. The van der Waals surface area contributed by atoms with E-state index in [2.05, 4.69) is 11.4 Å². The van der Waals surface area contributed by atoms with E-state index >= 15 is 0 Å². The van der Waals surface area contributed by atoms with E-state index in [0.29, 0.717) is 12.0 Å². The molecule has 1 fully saturated rings. The van der Waals surface area contributed by atoms with Gasteiger partial charge in [0.15, 0.2) is 0 Å². The summed E-state index contributed by atoms with van der Waals surface area (Å²) < 4.78 is 0. The molecule has 1 saturated carbocycles. The maximum Gasteiger partial charge on any atom is 0.224 e. The van der Waals surface area contributed by atoms with Crippen molar-refractivity contribution in [3.05, 3.63) is 35.4 Å². The summed E-state index contributed by atoms with van der Waals surface area (Å²) in [5.41, 5.74) is 1.58. The highest BCUT2D eigenvalue weighted by Crippen LogP contribution is 2.31. The number of amides is 1. The summed E-state index contributed by atoms with van der Waals surface area (Å²) in [5, 5.41) is 11.6. The number of nitriles is 1. The van der Waals surface area contributed by atoms with E-state index in [1.807, 2.05) is 12.1 Å². The Morgan fingerprint density at radius 2 is 2.06 bits per heavy atom. The third-order valence-corrected chi connectivity index (χ3v) is 3.02. The summed E-state index contributed by atoms with van der Waals surface area (Å²) in [4.78, 5) is 11.6. The van der Waals surface area contributed by atoms with Crippen LogP contribution in [0.15, 0.2) is 24.3 Å². The molecule has 0 spiro atoms. The van der Waals surface area contributed by atoms with Crippen LogP contribution in [0.4, 0.5) is 0 Å². The van der Waals surface area contributed by atoms with E-state index in [4.69, 9.17) is 5.26 Å². The van der Waals surface area contributed by atoms with E-state index < -0.39 is 0 Å². The second-order valence-electron chi connectivity index (χ2n) is 4.57. The summed E-state index contributed by atoms with van der Waals surface area (Å²) in [5.74, 6) is 0.917.